The Morgan fingerprint density at radius 2 is 1.63 bits per heavy atom. The lowest BCUT2D eigenvalue weighted by Crippen LogP contribution is -2.21. The van der Waals surface area contributed by atoms with Crippen LogP contribution in [0.15, 0.2) is 101 Å². The fourth-order valence-corrected chi connectivity index (χ4v) is 4.43. The van der Waals surface area contributed by atoms with Crippen molar-refractivity contribution in [2.24, 2.45) is 4.99 Å². The van der Waals surface area contributed by atoms with E-state index in [2.05, 4.69) is 10.3 Å². The summed E-state index contributed by atoms with van der Waals surface area (Å²) >= 11 is 0. The second-order valence-corrected chi connectivity index (χ2v) is 8.92. The van der Waals surface area contributed by atoms with Crippen LogP contribution in [0.2, 0.25) is 0 Å². The average Bonchev–Trinajstić information content (AvgIpc) is 2.91. The number of aliphatic imine (C=N–C) groups is 1. The summed E-state index contributed by atoms with van der Waals surface area (Å²) in [4.78, 5) is 29.0. The van der Waals surface area contributed by atoms with E-state index in [0.29, 0.717) is 33.4 Å². The second-order valence-electron chi connectivity index (χ2n) is 8.92. The fraction of sp³-hybridized carbons (Fsp3) is 0.0667. The number of para-hydroxylation sites is 1. The van der Waals surface area contributed by atoms with Crippen molar-refractivity contribution in [3.05, 3.63) is 128 Å². The molecular formula is C30H24N4O4. The van der Waals surface area contributed by atoms with Crippen LogP contribution in [0.5, 0.6) is 5.88 Å². The van der Waals surface area contributed by atoms with Gasteiger partial charge in [-0.1, -0.05) is 54.1 Å². The molecule has 38 heavy (non-hydrogen) atoms. The fourth-order valence-electron chi connectivity index (χ4n) is 4.43. The molecule has 0 atom stereocenters. The van der Waals surface area contributed by atoms with Gasteiger partial charge in [-0.25, -0.2) is 4.57 Å². The molecule has 8 nitrogen and oxygen atoms in total. The number of rotatable bonds is 6. The predicted octanol–water partition coefficient (Wildman–Crippen LogP) is 6.72. The Morgan fingerprint density at radius 1 is 0.921 bits per heavy atom. The highest BCUT2D eigenvalue weighted by atomic mass is 16.6. The largest absolute Gasteiger partial charge is 0.494 e. The summed E-state index contributed by atoms with van der Waals surface area (Å²) in [5.41, 5.74) is 3.89. The van der Waals surface area contributed by atoms with Gasteiger partial charge in [0, 0.05) is 34.8 Å². The number of aromatic nitrogens is 1. The Balaban J connectivity index is 1.70. The van der Waals surface area contributed by atoms with Crippen molar-refractivity contribution in [1.29, 1.82) is 0 Å². The molecule has 0 bridgehead atoms. The molecule has 0 unspecified atom stereocenters. The molecule has 0 aliphatic heterocycles. The van der Waals surface area contributed by atoms with Gasteiger partial charge >= 0.3 is 0 Å². The maximum atomic E-state index is 13.5. The van der Waals surface area contributed by atoms with E-state index in [9.17, 15) is 20.0 Å². The summed E-state index contributed by atoms with van der Waals surface area (Å²) in [5.74, 6) is -0.271. The molecule has 0 aliphatic carbocycles. The van der Waals surface area contributed by atoms with Gasteiger partial charge in [-0.15, -0.1) is 0 Å². The zero-order chi connectivity index (χ0) is 26.8. The third-order valence-corrected chi connectivity index (χ3v) is 6.27. The third kappa shape index (κ3) is 4.62. The molecule has 2 N–H and O–H groups in total. The quantitative estimate of drug-likeness (QED) is 0.152. The number of benzene rings is 4. The van der Waals surface area contributed by atoms with E-state index in [1.165, 1.54) is 22.9 Å². The number of nitro groups is 1. The number of hydrogen-bond donors (Lipinski definition) is 2. The highest BCUT2D eigenvalue weighted by Crippen LogP contribution is 2.33. The van der Waals surface area contributed by atoms with Crippen LogP contribution in [0.25, 0.3) is 16.5 Å². The number of aromatic hydroxyl groups is 1. The normalized spacial score (nSPS) is 11.2. The summed E-state index contributed by atoms with van der Waals surface area (Å²) in [7, 11) is 0. The Bertz CT molecular complexity index is 1780. The van der Waals surface area contributed by atoms with Crippen molar-refractivity contribution < 1.29 is 10.0 Å². The molecule has 1 aromatic heterocycles. The number of hydrogen-bond acceptors (Lipinski definition) is 6. The molecule has 0 saturated carbocycles. The number of anilines is 2. The minimum atomic E-state index is -0.488. The van der Waals surface area contributed by atoms with Crippen LogP contribution >= 0.6 is 0 Å². The monoisotopic (exact) mass is 504 g/mol. The number of aryl methyl sites for hydroxylation is 2. The summed E-state index contributed by atoms with van der Waals surface area (Å²) in [6.45, 7) is 3.83. The van der Waals surface area contributed by atoms with Crippen molar-refractivity contribution in [2.45, 2.75) is 13.8 Å². The molecular weight excluding hydrogens is 480 g/mol. The minimum absolute atomic E-state index is 0.120. The highest BCUT2D eigenvalue weighted by Gasteiger charge is 2.18. The SMILES string of the molecule is Cc1ccc(-n2c(O)c(C=Nc3cc([N+](=O)[O-])ccc3Nc3ccccc3)c3ccccc3c2=O)c(C)c1. The van der Waals surface area contributed by atoms with Gasteiger partial charge in [0.1, 0.15) is 0 Å². The number of pyridine rings is 1. The Morgan fingerprint density at radius 3 is 2.34 bits per heavy atom. The maximum Gasteiger partial charge on any atom is 0.271 e. The summed E-state index contributed by atoms with van der Waals surface area (Å²) < 4.78 is 1.27. The van der Waals surface area contributed by atoms with Gasteiger partial charge in [0.15, 0.2) is 0 Å². The molecule has 188 valence electrons. The van der Waals surface area contributed by atoms with Gasteiger partial charge < -0.3 is 10.4 Å². The number of non-ortho nitro benzene ring substituents is 1. The Kier molecular flexibility index (Phi) is 6.45. The van der Waals surface area contributed by atoms with Crippen LogP contribution in [0, 0.1) is 24.0 Å². The number of fused-ring (bicyclic) bond motifs is 1. The molecule has 1 heterocycles. The van der Waals surface area contributed by atoms with E-state index in [1.54, 1.807) is 36.4 Å². The molecule has 5 aromatic rings. The molecule has 4 aromatic carbocycles. The second kappa shape index (κ2) is 10.0. The molecule has 0 amide bonds. The number of nitrogens with zero attached hydrogens (tertiary/aromatic N) is 3. The van der Waals surface area contributed by atoms with Gasteiger partial charge in [0.2, 0.25) is 5.88 Å². The van der Waals surface area contributed by atoms with E-state index >= 15 is 0 Å². The van der Waals surface area contributed by atoms with Crippen molar-refractivity contribution in [3.8, 4) is 11.6 Å². The Hall–Kier alpha value is -5.24. The molecule has 0 saturated heterocycles. The topological polar surface area (TPSA) is 110 Å². The molecule has 0 aliphatic rings. The average molecular weight is 505 g/mol. The lowest BCUT2D eigenvalue weighted by Gasteiger charge is -2.16. The molecule has 0 fully saturated rings. The highest BCUT2D eigenvalue weighted by molar-refractivity contribution is 6.03. The standard InChI is InChI=1S/C30H24N4O4/c1-19-12-15-28(20(2)16-19)33-29(35)24-11-7-6-10-23(24)25(30(33)36)18-31-27-17-22(34(37)38)13-14-26(27)32-21-8-4-3-5-9-21/h3-18,32,36H,1-2H3. The third-order valence-electron chi connectivity index (χ3n) is 6.27. The van der Waals surface area contributed by atoms with Gasteiger partial charge in [0.05, 0.1) is 27.5 Å². The first kappa shape index (κ1) is 24.5. The zero-order valence-electron chi connectivity index (χ0n) is 20.8. The lowest BCUT2D eigenvalue weighted by atomic mass is 10.1. The zero-order valence-corrected chi connectivity index (χ0v) is 20.8. The van der Waals surface area contributed by atoms with E-state index < -0.39 is 4.92 Å². The van der Waals surface area contributed by atoms with Crippen molar-refractivity contribution in [3.63, 3.8) is 0 Å². The van der Waals surface area contributed by atoms with Crippen molar-refractivity contribution in [1.82, 2.24) is 4.57 Å². The van der Waals surface area contributed by atoms with Gasteiger partial charge in [-0.2, -0.15) is 0 Å². The minimum Gasteiger partial charge on any atom is -0.494 e. The summed E-state index contributed by atoms with van der Waals surface area (Å²) in [6.07, 6.45) is 1.44. The van der Waals surface area contributed by atoms with Crippen LogP contribution in [-0.4, -0.2) is 20.8 Å². The summed E-state index contributed by atoms with van der Waals surface area (Å²) in [5, 5.41) is 27.0. The first-order chi connectivity index (χ1) is 18.3. The number of nitrogens with one attached hydrogen (secondary N) is 1. The smallest absolute Gasteiger partial charge is 0.271 e. The van der Waals surface area contributed by atoms with Gasteiger partial charge in [-0.05, 0) is 49.7 Å². The van der Waals surface area contributed by atoms with Crippen LogP contribution in [-0.2, 0) is 0 Å². The van der Waals surface area contributed by atoms with Gasteiger partial charge in [-0.3, -0.25) is 19.9 Å². The molecule has 0 radical (unpaired) electrons. The van der Waals surface area contributed by atoms with Crippen LogP contribution in [0.3, 0.4) is 0 Å². The number of nitro benzene ring substituents is 1. The van der Waals surface area contributed by atoms with E-state index in [0.717, 1.165) is 16.8 Å². The molecule has 5 rings (SSSR count). The first-order valence-electron chi connectivity index (χ1n) is 11.9. The maximum absolute atomic E-state index is 13.5. The molecule has 8 heteroatoms. The van der Waals surface area contributed by atoms with E-state index in [1.807, 2.05) is 56.3 Å². The molecule has 0 spiro atoms. The lowest BCUT2D eigenvalue weighted by molar-refractivity contribution is -0.384. The van der Waals surface area contributed by atoms with Gasteiger partial charge in [0.25, 0.3) is 11.2 Å². The van der Waals surface area contributed by atoms with Crippen molar-refractivity contribution >= 4 is 39.7 Å². The van der Waals surface area contributed by atoms with Crippen molar-refractivity contribution in [2.75, 3.05) is 5.32 Å². The van der Waals surface area contributed by atoms with Crippen LogP contribution in [0.4, 0.5) is 22.7 Å². The Labute approximate surface area is 218 Å². The predicted molar refractivity (Wildman–Crippen MR) is 151 cm³/mol. The van der Waals surface area contributed by atoms with Crippen LogP contribution < -0.4 is 10.9 Å². The van der Waals surface area contributed by atoms with E-state index in [4.69, 9.17) is 0 Å². The van der Waals surface area contributed by atoms with E-state index in [-0.39, 0.29) is 17.1 Å². The first-order valence-corrected chi connectivity index (χ1v) is 11.9. The summed E-state index contributed by atoms with van der Waals surface area (Å²) in [6, 6.07) is 26.3. The van der Waals surface area contributed by atoms with Crippen LogP contribution in [0.1, 0.15) is 16.7 Å².